The van der Waals surface area contributed by atoms with Gasteiger partial charge in [-0.25, -0.2) is 14.2 Å². The first-order valence-electron chi connectivity index (χ1n) is 9.86. The van der Waals surface area contributed by atoms with E-state index < -0.39 is 5.82 Å². The Balaban J connectivity index is 1.59. The van der Waals surface area contributed by atoms with Gasteiger partial charge in [-0.05, 0) is 48.7 Å². The molecule has 30 heavy (non-hydrogen) atoms. The Labute approximate surface area is 178 Å². The standard InChI is InChI=1S/C21H23ClFN5O2/c1-24-18-6-5-17-20(25-18)26(2)21(30)28(17)16-4-3-7-27(12-16)19(29)10-13-8-14(22)11-15(23)9-13/h5-6,8-9,11,16H,3-4,7,10,12H2,1-2H3,(H,24,25)/t16-/m0/s1. The second-order valence-electron chi connectivity index (χ2n) is 7.59. The van der Waals surface area contributed by atoms with Crippen LogP contribution in [-0.2, 0) is 18.3 Å². The molecule has 9 heteroatoms. The molecule has 0 spiro atoms. The molecule has 1 aliphatic heterocycles. The largest absolute Gasteiger partial charge is 0.373 e. The fourth-order valence-corrected chi connectivity index (χ4v) is 4.36. The van der Waals surface area contributed by atoms with E-state index in [0.29, 0.717) is 30.1 Å². The van der Waals surface area contributed by atoms with Gasteiger partial charge in [0.15, 0.2) is 5.65 Å². The normalized spacial score (nSPS) is 16.8. The van der Waals surface area contributed by atoms with E-state index in [0.717, 1.165) is 18.4 Å². The van der Waals surface area contributed by atoms with Crippen molar-refractivity contribution in [3.63, 3.8) is 0 Å². The number of carbonyl (C=O) groups is 1. The second-order valence-corrected chi connectivity index (χ2v) is 8.03. The summed E-state index contributed by atoms with van der Waals surface area (Å²) in [6, 6.07) is 7.71. The molecule has 7 nitrogen and oxygen atoms in total. The maximum absolute atomic E-state index is 13.6. The predicted molar refractivity (Wildman–Crippen MR) is 114 cm³/mol. The van der Waals surface area contributed by atoms with Gasteiger partial charge in [0.2, 0.25) is 5.91 Å². The summed E-state index contributed by atoms with van der Waals surface area (Å²) >= 11 is 5.90. The first-order valence-corrected chi connectivity index (χ1v) is 10.2. The SMILES string of the molecule is CNc1ccc2c(n1)n(C)c(=O)n2[C@H]1CCCN(C(=O)Cc2cc(F)cc(Cl)c2)C1. The molecule has 0 aliphatic carbocycles. The number of aromatic nitrogens is 3. The summed E-state index contributed by atoms with van der Waals surface area (Å²) in [7, 11) is 3.48. The van der Waals surface area contributed by atoms with Gasteiger partial charge >= 0.3 is 5.69 Å². The number of benzene rings is 1. The molecule has 1 amide bonds. The maximum atomic E-state index is 13.6. The van der Waals surface area contributed by atoms with Gasteiger partial charge < -0.3 is 10.2 Å². The lowest BCUT2D eigenvalue weighted by molar-refractivity contribution is -0.132. The third-order valence-corrected chi connectivity index (χ3v) is 5.79. The number of rotatable bonds is 4. The van der Waals surface area contributed by atoms with E-state index in [1.165, 1.54) is 16.7 Å². The van der Waals surface area contributed by atoms with Crippen LogP contribution in [0.5, 0.6) is 0 Å². The van der Waals surface area contributed by atoms with Crippen molar-refractivity contribution >= 4 is 34.5 Å². The van der Waals surface area contributed by atoms with Crippen molar-refractivity contribution in [3.05, 3.63) is 57.2 Å². The number of imidazole rings is 1. The number of anilines is 1. The van der Waals surface area contributed by atoms with E-state index in [9.17, 15) is 14.0 Å². The molecule has 0 radical (unpaired) electrons. The fraction of sp³-hybridized carbons (Fsp3) is 0.381. The van der Waals surface area contributed by atoms with Gasteiger partial charge in [-0.2, -0.15) is 0 Å². The number of pyridine rings is 1. The zero-order valence-electron chi connectivity index (χ0n) is 16.9. The molecule has 0 bridgehead atoms. The minimum atomic E-state index is -0.461. The highest BCUT2D eigenvalue weighted by Crippen LogP contribution is 2.25. The molecule has 158 valence electrons. The van der Waals surface area contributed by atoms with E-state index >= 15 is 0 Å². The first kappa shape index (κ1) is 20.4. The summed E-state index contributed by atoms with van der Waals surface area (Å²) in [5.41, 5.74) is 1.74. The Morgan fingerprint density at radius 3 is 2.87 bits per heavy atom. The van der Waals surface area contributed by atoms with Crippen LogP contribution in [-0.4, -0.2) is 45.1 Å². The van der Waals surface area contributed by atoms with Crippen LogP contribution in [0.2, 0.25) is 5.02 Å². The minimum absolute atomic E-state index is 0.0712. The van der Waals surface area contributed by atoms with Gasteiger partial charge in [0.25, 0.3) is 0 Å². The number of nitrogens with zero attached hydrogens (tertiary/aromatic N) is 4. The number of carbonyl (C=O) groups excluding carboxylic acids is 1. The highest BCUT2D eigenvalue weighted by atomic mass is 35.5. The number of hydrogen-bond acceptors (Lipinski definition) is 4. The summed E-state index contributed by atoms with van der Waals surface area (Å²) < 4.78 is 16.9. The lowest BCUT2D eigenvalue weighted by Crippen LogP contribution is -2.43. The van der Waals surface area contributed by atoms with Crippen molar-refractivity contribution in [2.45, 2.75) is 25.3 Å². The van der Waals surface area contributed by atoms with Crippen molar-refractivity contribution in [2.24, 2.45) is 7.05 Å². The van der Waals surface area contributed by atoms with E-state index in [4.69, 9.17) is 11.6 Å². The lowest BCUT2D eigenvalue weighted by Gasteiger charge is -2.33. The molecule has 0 saturated carbocycles. The molecule has 1 fully saturated rings. The number of piperidine rings is 1. The summed E-state index contributed by atoms with van der Waals surface area (Å²) in [6.07, 6.45) is 1.65. The maximum Gasteiger partial charge on any atom is 0.330 e. The van der Waals surface area contributed by atoms with Crippen molar-refractivity contribution in [2.75, 3.05) is 25.5 Å². The molecule has 1 aromatic carbocycles. The molecule has 1 aliphatic rings. The third kappa shape index (κ3) is 3.79. The monoisotopic (exact) mass is 431 g/mol. The third-order valence-electron chi connectivity index (χ3n) is 5.57. The summed E-state index contributed by atoms with van der Waals surface area (Å²) in [4.78, 5) is 32.0. The number of amides is 1. The zero-order chi connectivity index (χ0) is 21.4. The zero-order valence-corrected chi connectivity index (χ0v) is 17.6. The Morgan fingerprint density at radius 2 is 2.13 bits per heavy atom. The molecule has 2 aromatic heterocycles. The Morgan fingerprint density at radius 1 is 1.33 bits per heavy atom. The van der Waals surface area contributed by atoms with Crippen molar-refractivity contribution < 1.29 is 9.18 Å². The molecule has 3 aromatic rings. The lowest BCUT2D eigenvalue weighted by atomic mass is 10.0. The van der Waals surface area contributed by atoms with Gasteiger partial charge in [0, 0.05) is 32.2 Å². The quantitative estimate of drug-likeness (QED) is 0.689. The van der Waals surface area contributed by atoms with Crippen LogP contribution in [0.3, 0.4) is 0 Å². The summed E-state index contributed by atoms with van der Waals surface area (Å²) in [5.74, 6) is 0.118. The van der Waals surface area contributed by atoms with Gasteiger partial charge in [0.1, 0.15) is 11.6 Å². The van der Waals surface area contributed by atoms with Crippen molar-refractivity contribution in [1.29, 1.82) is 0 Å². The van der Waals surface area contributed by atoms with Crippen LogP contribution < -0.4 is 11.0 Å². The second kappa shape index (κ2) is 8.10. The van der Waals surface area contributed by atoms with E-state index in [-0.39, 0.29) is 29.1 Å². The first-order chi connectivity index (χ1) is 14.4. The van der Waals surface area contributed by atoms with Crippen molar-refractivity contribution in [1.82, 2.24) is 19.0 Å². The van der Waals surface area contributed by atoms with Crippen LogP contribution in [0.4, 0.5) is 10.2 Å². The molecular weight excluding hydrogens is 409 g/mol. The average molecular weight is 432 g/mol. The number of likely N-dealkylation sites (tertiary alicyclic amines) is 1. The van der Waals surface area contributed by atoms with E-state index in [1.54, 1.807) is 29.6 Å². The Hall–Kier alpha value is -2.87. The Kier molecular flexibility index (Phi) is 5.51. The molecule has 4 rings (SSSR count). The summed E-state index contributed by atoms with van der Waals surface area (Å²) in [6.45, 7) is 1.04. The molecular formula is C21H23ClFN5O2. The Bertz CT molecular complexity index is 1150. The van der Waals surface area contributed by atoms with Crippen molar-refractivity contribution in [3.8, 4) is 0 Å². The average Bonchev–Trinajstić information content (AvgIpc) is 2.97. The highest BCUT2D eigenvalue weighted by molar-refractivity contribution is 6.30. The number of nitrogens with one attached hydrogen (secondary N) is 1. The molecule has 0 unspecified atom stereocenters. The topological polar surface area (TPSA) is 72.2 Å². The molecule has 1 saturated heterocycles. The number of aryl methyl sites for hydroxylation is 1. The highest BCUT2D eigenvalue weighted by Gasteiger charge is 2.28. The number of fused-ring (bicyclic) bond motifs is 1. The van der Waals surface area contributed by atoms with E-state index in [1.807, 2.05) is 12.1 Å². The number of halogens is 2. The van der Waals surface area contributed by atoms with E-state index in [2.05, 4.69) is 10.3 Å². The molecule has 1 N–H and O–H groups in total. The summed E-state index contributed by atoms with van der Waals surface area (Å²) in [5, 5.41) is 3.25. The van der Waals surface area contributed by atoms with Crippen LogP contribution in [0.25, 0.3) is 11.2 Å². The minimum Gasteiger partial charge on any atom is -0.373 e. The van der Waals surface area contributed by atoms with Gasteiger partial charge in [-0.1, -0.05) is 11.6 Å². The van der Waals surface area contributed by atoms with Crippen LogP contribution >= 0.6 is 11.6 Å². The predicted octanol–water partition coefficient (Wildman–Crippen LogP) is 2.98. The fourth-order valence-electron chi connectivity index (χ4n) is 4.11. The van der Waals surface area contributed by atoms with Crippen LogP contribution in [0.1, 0.15) is 24.4 Å². The molecule has 3 heterocycles. The van der Waals surface area contributed by atoms with Crippen LogP contribution in [0.15, 0.2) is 35.1 Å². The van der Waals surface area contributed by atoms with Gasteiger partial charge in [0.05, 0.1) is 18.0 Å². The number of hydrogen-bond donors (Lipinski definition) is 1. The molecule has 1 atom stereocenters. The van der Waals surface area contributed by atoms with Crippen LogP contribution in [0, 0.1) is 5.82 Å². The smallest absolute Gasteiger partial charge is 0.330 e. The van der Waals surface area contributed by atoms with Gasteiger partial charge in [-0.15, -0.1) is 0 Å². The van der Waals surface area contributed by atoms with Gasteiger partial charge in [-0.3, -0.25) is 13.9 Å².